The van der Waals surface area contributed by atoms with Crippen LogP contribution >= 0.6 is 0 Å². The van der Waals surface area contributed by atoms with Crippen LogP contribution in [0.4, 0.5) is 4.79 Å². The highest BCUT2D eigenvalue weighted by atomic mass is 16.6. The molecular weight excluding hydrogens is 496 g/mol. The molecule has 0 radical (unpaired) electrons. The van der Waals surface area contributed by atoms with Gasteiger partial charge >= 0.3 is 24.0 Å². The van der Waals surface area contributed by atoms with Gasteiger partial charge < -0.3 is 29.6 Å². The van der Waals surface area contributed by atoms with Crippen molar-refractivity contribution in [1.82, 2.24) is 10.6 Å². The summed E-state index contributed by atoms with van der Waals surface area (Å²) in [6.45, 7) is 7.99. The van der Waals surface area contributed by atoms with Crippen molar-refractivity contribution in [3.05, 3.63) is 35.9 Å². The summed E-state index contributed by atoms with van der Waals surface area (Å²) in [4.78, 5) is 61.9. The lowest BCUT2D eigenvalue weighted by Crippen LogP contribution is -2.52. The fourth-order valence-electron chi connectivity index (χ4n) is 3.03. The Morgan fingerprint density at radius 1 is 0.737 bits per heavy atom. The number of carbonyl (C=O) groups is 5. The van der Waals surface area contributed by atoms with Gasteiger partial charge in [-0.2, -0.15) is 0 Å². The van der Waals surface area contributed by atoms with E-state index < -0.39 is 42.0 Å². The van der Waals surface area contributed by atoms with Crippen molar-refractivity contribution in [2.75, 3.05) is 20.3 Å². The van der Waals surface area contributed by atoms with Gasteiger partial charge in [-0.3, -0.25) is 14.4 Å². The number of amides is 2. The predicted octanol–water partition coefficient (Wildman–Crippen LogP) is 2.90. The second-order valence-electron chi connectivity index (χ2n) is 9.57. The minimum atomic E-state index is -1.22. The number of esters is 3. The van der Waals surface area contributed by atoms with Crippen molar-refractivity contribution in [3.63, 3.8) is 0 Å². The molecule has 0 saturated heterocycles. The van der Waals surface area contributed by atoms with Gasteiger partial charge in [-0.15, -0.1) is 0 Å². The van der Waals surface area contributed by atoms with E-state index in [1.165, 1.54) is 0 Å². The van der Waals surface area contributed by atoms with Crippen molar-refractivity contribution in [2.24, 2.45) is 11.8 Å². The summed E-state index contributed by atoms with van der Waals surface area (Å²) < 4.78 is 20.2. The minimum Gasteiger partial charge on any atom is -0.467 e. The molecule has 0 aromatic heterocycles. The molecule has 1 aromatic carbocycles. The van der Waals surface area contributed by atoms with Gasteiger partial charge in [0.25, 0.3) is 0 Å². The fourth-order valence-corrected chi connectivity index (χ4v) is 3.03. The van der Waals surface area contributed by atoms with E-state index in [1.807, 2.05) is 33.8 Å². The standard InChI is InChI=1S/C27H40N2O9/c1-18(2)15-36-23(30)13-11-21(29-27(34)38-17-20-9-7-6-8-10-20)25(32)28-22(26(33)35-5)12-14-24(31)37-16-19(3)4/h6-10,18-19,21-22H,11-17H2,1-5H3,(H,28,32)(H,29,34)/t21-,22+/m1/s1. The second kappa shape index (κ2) is 17.8. The van der Waals surface area contributed by atoms with Crippen LogP contribution in [-0.2, 0) is 44.7 Å². The van der Waals surface area contributed by atoms with E-state index >= 15 is 0 Å². The summed E-state index contributed by atoms with van der Waals surface area (Å²) in [7, 11) is 1.15. The molecule has 11 heteroatoms. The lowest BCUT2D eigenvalue weighted by atomic mass is 10.1. The van der Waals surface area contributed by atoms with E-state index in [0.29, 0.717) is 0 Å². The van der Waals surface area contributed by atoms with Crippen LogP contribution in [0.15, 0.2) is 30.3 Å². The molecule has 0 heterocycles. The molecule has 0 aliphatic heterocycles. The predicted molar refractivity (Wildman–Crippen MR) is 138 cm³/mol. The Labute approximate surface area is 223 Å². The lowest BCUT2D eigenvalue weighted by molar-refractivity contribution is -0.148. The van der Waals surface area contributed by atoms with Crippen LogP contribution in [-0.4, -0.2) is 62.3 Å². The van der Waals surface area contributed by atoms with E-state index in [1.54, 1.807) is 24.3 Å². The second-order valence-corrected chi connectivity index (χ2v) is 9.57. The van der Waals surface area contributed by atoms with Crippen LogP contribution in [0.1, 0.15) is 58.9 Å². The maximum atomic E-state index is 13.1. The highest BCUT2D eigenvalue weighted by molar-refractivity contribution is 5.90. The zero-order valence-corrected chi connectivity index (χ0v) is 22.8. The number of rotatable bonds is 16. The Morgan fingerprint density at radius 3 is 1.76 bits per heavy atom. The van der Waals surface area contributed by atoms with Gasteiger partial charge in [0.15, 0.2) is 0 Å². The average Bonchev–Trinajstić information content (AvgIpc) is 2.89. The van der Waals surface area contributed by atoms with E-state index in [2.05, 4.69) is 10.6 Å². The van der Waals surface area contributed by atoms with E-state index in [9.17, 15) is 24.0 Å². The Bertz CT molecular complexity index is 903. The first-order valence-electron chi connectivity index (χ1n) is 12.7. The third kappa shape index (κ3) is 14.2. The van der Waals surface area contributed by atoms with Crippen LogP contribution < -0.4 is 10.6 Å². The molecular formula is C27H40N2O9. The highest BCUT2D eigenvalue weighted by Gasteiger charge is 2.29. The summed E-state index contributed by atoms with van der Waals surface area (Å²) in [5.74, 6) is -2.28. The van der Waals surface area contributed by atoms with Gasteiger partial charge in [-0.1, -0.05) is 58.0 Å². The van der Waals surface area contributed by atoms with E-state index in [4.69, 9.17) is 18.9 Å². The molecule has 0 fully saturated rings. The van der Waals surface area contributed by atoms with Gasteiger partial charge in [0.1, 0.15) is 18.7 Å². The number of hydrogen-bond acceptors (Lipinski definition) is 9. The van der Waals surface area contributed by atoms with E-state index in [0.717, 1.165) is 12.7 Å². The van der Waals surface area contributed by atoms with Crippen molar-refractivity contribution in [1.29, 1.82) is 0 Å². The van der Waals surface area contributed by atoms with E-state index in [-0.39, 0.29) is 57.3 Å². The monoisotopic (exact) mass is 536 g/mol. The Kier molecular flexibility index (Phi) is 15.1. The largest absolute Gasteiger partial charge is 0.467 e. The summed E-state index contributed by atoms with van der Waals surface area (Å²) >= 11 is 0. The van der Waals surface area contributed by atoms with Gasteiger partial charge in [-0.05, 0) is 30.2 Å². The van der Waals surface area contributed by atoms with Crippen molar-refractivity contribution >= 4 is 29.9 Å². The molecule has 0 bridgehead atoms. The van der Waals surface area contributed by atoms with Gasteiger partial charge in [0, 0.05) is 12.8 Å². The third-order valence-corrected chi connectivity index (χ3v) is 5.05. The summed E-state index contributed by atoms with van der Waals surface area (Å²) in [5.41, 5.74) is 0.746. The third-order valence-electron chi connectivity index (χ3n) is 5.05. The smallest absolute Gasteiger partial charge is 0.408 e. The SMILES string of the molecule is COC(=O)[C@H](CCC(=O)OCC(C)C)NC(=O)[C@@H](CCC(=O)OCC(C)C)NC(=O)OCc1ccccc1. The van der Waals surface area contributed by atoms with Crippen LogP contribution in [0.25, 0.3) is 0 Å². The van der Waals surface area contributed by atoms with Crippen LogP contribution in [0, 0.1) is 11.8 Å². The molecule has 0 aliphatic rings. The minimum absolute atomic E-state index is 0.0271. The highest BCUT2D eigenvalue weighted by Crippen LogP contribution is 2.08. The maximum absolute atomic E-state index is 13.1. The Hall–Kier alpha value is -3.63. The average molecular weight is 537 g/mol. The number of carbonyl (C=O) groups excluding carboxylic acids is 5. The van der Waals surface area contributed by atoms with Crippen molar-refractivity contribution in [2.45, 2.75) is 72.1 Å². The molecule has 0 saturated carbocycles. The fraction of sp³-hybridized carbons (Fsp3) is 0.593. The first kappa shape index (κ1) is 32.4. The molecule has 2 amide bonds. The number of benzene rings is 1. The summed E-state index contributed by atoms with van der Waals surface area (Å²) in [6, 6.07) is 6.57. The molecule has 1 aromatic rings. The zero-order valence-electron chi connectivity index (χ0n) is 22.8. The summed E-state index contributed by atoms with van der Waals surface area (Å²) in [6.07, 6.45) is -1.35. The molecule has 0 spiro atoms. The lowest BCUT2D eigenvalue weighted by Gasteiger charge is -2.22. The number of methoxy groups -OCH3 is 1. The topological polar surface area (TPSA) is 146 Å². The first-order chi connectivity index (χ1) is 18.0. The van der Waals surface area contributed by atoms with Gasteiger partial charge in [0.05, 0.1) is 20.3 Å². The van der Waals surface area contributed by atoms with Crippen LogP contribution in [0.3, 0.4) is 0 Å². The van der Waals surface area contributed by atoms with Crippen LogP contribution in [0.5, 0.6) is 0 Å². The molecule has 38 heavy (non-hydrogen) atoms. The van der Waals surface area contributed by atoms with Gasteiger partial charge in [0.2, 0.25) is 5.91 Å². The molecule has 212 valence electrons. The number of hydrogen-bond donors (Lipinski definition) is 2. The molecule has 2 N–H and O–H groups in total. The Balaban J connectivity index is 2.84. The zero-order chi connectivity index (χ0) is 28.5. The molecule has 2 atom stereocenters. The van der Waals surface area contributed by atoms with Crippen LogP contribution in [0.2, 0.25) is 0 Å². The number of alkyl carbamates (subject to hydrolysis) is 1. The molecule has 0 unspecified atom stereocenters. The summed E-state index contributed by atoms with van der Waals surface area (Å²) in [5, 5.41) is 4.94. The first-order valence-corrected chi connectivity index (χ1v) is 12.7. The Morgan fingerprint density at radius 2 is 1.26 bits per heavy atom. The van der Waals surface area contributed by atoms with Crippen molar-refractivity contribution < 1.29 is 42.9 Å². The number of nitrogens with one attached hydrogen (secondary N) is 2. The van der Waals surface area contributed by atoms with Gasteiger partial charge in [-0.25, -0.2) is 9.59 Å². The number of ether oxygens (including phenoxy) is 4. The quantitative estimate of drug-likeness (QED) is 0.240. The molecule has 1 rings (SSSR count). The molecule has 11 nitrogen and oxygen atoms in total. The molecule has 0 aliphatic carbocycles. The van der Waals surface area contributed by atoms with Crippen molar-refractivity contribution in [3.8, 4) is 0 Å². The normalized spacial score (nSPS) is 12.3. The maximum Gasteiger partial charge on any atom is 0.408 e.